The molecule has 1 aromatic carbocycles. The molecule has 0 heterocycles. The van der Waals surface area contributed by atoms with Gasteiger partial charge >= 0.3 is 0 Å². The number of nitrogens with two attached hydrogens (primary N) is 1. The van der Waals surface area contributed by atoms with E-state index < -0.39 is 5.54 Å². The molecule has 4 heteroatoms. The number of benzene rings is 1. The number of amides is 1. The number of ether oxygens (including phenoxy) is 1. The molecule has 0 radical (unpaired) electrons. The predicted octanol–water partition coefficient (Wildman–Crippen LogP) is 2.00. The van der Waals surface area contributed by atoms with Crippen LogP contribution < -0.4 is 15.8 Å². The Balaban J connectivity index is 2.70. The number of nitrogens with one attached hydrogen (secondary N) is 1. The largest absolute Gasteiger partial charge is 0.496 e. The molecule has 3 N–H and O–H groups in total. The van der Waals surface area contributed by atoms with E-state index in [-0.39, 0.29) is 11.9 Å². The van der Waals surface area contributed by atoms with Crippen LogP contribution in [0.3, 0.4) is 0 Å². The summed E-state index contributed by atoms with van der Waals surface area (Å²) in [5.41, 5.74) is 6.29. The van der Waals surface area contributed by atoms with Crippen LogP contribution in [0.1, 0.15) is 38.8 Å². The third-order valence-electron chi connectivity index (χ3n) is 2.60. The topological polar surface area (TPSA) is 64.3 Å². The van der Waals surface area contributed by atoms with E-state index in [0.29, 0.717) is 6.42 Å². The number of carbonyl (C=O) groups is 1. The molecular weight excluding hydrogens is 228 g/mol. The SMILES string of the molecule is COc1ccccc1C(C)NC(=O)CC(C)(C)N. The van der Waals surface area contributed by atoms with Gasteiger partial charge in [0.15, 0.2) is 0 Å². The molecule has 0 fully saturated rings. The molecular formula is C14H22N2O2. The molecule has 100 valence electrons. The van der Waals surface area contributed by atoms with Gasteiger partial charge in [-0.25, -0.2) is 0 Å². The summed E-state index contributed by atoms with van der Waals surface area (Å²) in [4.78, 5) is 11.8. The smallest absolute Gasteiger partial charge is 0.222 e. The van der Waals surface area contributed by atoms with Crippen molar-refractivity contribution in [2.75, 3.05) is 7.11 Å². The van der Waals surface area contributed by atoms with Crippen molar-refractivity contribution in [3.8, 4) is 5.75 Å². The summed E-state index contributed by atoms with van der Waals surface area (Å²) >= 11 is 0. The molecule has 0 aliphatic rings. The predicted molar refractivity (Wildman–Crippen MR) is 72.4 cm³/mol. The molecule has 0 spiro atoms. The summed E-state index contributed by atoms with van der Waals surface area (Å²) in [6.45, 7) is 5.60. The number of carbonyl (C=O) groups excluding carboxylic acids is 1. The van der Waals surface area contributed by atoms with Gasteiger partial charge in [-0.1, -0.05) is 18.2 Å². The quantitative estimate of drug-likeness (QED) is 0.840. The molecule has 0 saturated carbocycles. The minimum absolute atomic E-state index is 0.0547. The van der Waals surface area contributed by atoms with Crippen molar-refractivity contribution in [2.24, 2.45) is 5.73 Å². The van der Waals surface area contributed by atoms with Crippen molar-refractivity contribution in [3.05, 3.63) is 29.8 Å². The van der Waals surface area contributed by atoms with Gasteiger partial charge in [0.05, 0.1) is 13.2 Å². The molecule has 1 amide bonds. The van der Waals surface area contributed by atoms with Gasteiger partial charge in [-0.05, 0) is 26.8 Å². The third kappa shape index (κ3) is 4.37. The average Bonchev–Trinajstić information content (AvgIpc) is 2.26. The monoisotopic (exact) mass is 250 g/mol. The Kier molecular flexibility index (Phi) is 4.73. The van der Waals surface area contributed by atoms with Crippen LogP contribution in [0.4, 0.5) is 0 Å². The molecule has 0 aliphatic carbocycles. The van der Waals surface area contributed by atoms with Gasteiger partial charge in [-0.3, -0.25) is 4.79 Å². The highest BCUT2D eigenvalue weighted by atomic mass is 16.5. The van der Waals surface area contributed by atoms with Gasteiger partial charge in [0.2, 0.25) is 5.91 Å². The van der Waals surface area contributed by atoms with Crippen molar-refractivity contribution in [1.29, 1.82) is 0 Å². The molecule has 1 atom stereocenters. The minimum Gasteiger partial charge on any atom is -0.496 e. The van der Waals surface area contributed by atoms with Gasteiger partial charge in [-0.2, -0.15) is 0 Å². The Morgan fingerprint density at radius 3 is 2.61 bits per heavy atom. The molecule has 0 saturated heterocycles. The normalized spacial score (nSPS) is 12.9. The number of hydrogen-bond donors (Lipinski definition) is 2. The van der Waals surface area contributed by atoms with E-state index in [1.165, 1.54) is 0 Å². The Bertz CT molecular complexity index is 411. The average molecular weight is 250 g/mol. The van der Waals surface area contributed by atoms with Gasteiger partial charge < -0.3 is 15.8 Å². The number of methoxy groups -OCH3 is 1. The molecule has 4 nitrogen and oxygen atoms in total. The fraction of sp³-hybridized carbons (Fsp3) is 0.500. The zero-order valence-corrected chi connectivity index (χ0v) is 11.5. The van der Waals surface area contributed by atoms with Crippen LogP contribution in [-0.2, 0) is 4.79 Å². The van der Waals surface area contributed by atoms with E-state index in [1.807, 2.05) is 45.0 Å². The fourth-order valence-corrected chi connectivity index (χ4v) is 1.81. The van der Waals surface area contributed by atoms with Gasteiger partial charge in [0.1, 0.15) is 5.75 Å². The lowest BCUT2D eigenvalue weighted by Crippen LogP contribution is -2.39. The highest BCUT2D eigenvalue weighted by molar-refractivity contribution is 5.77. The Morgan fingerprint density at radius 2 is 2.06 bits per heavy atom. The van der Waals surface area contributed by atoms with Gasteiger partial charge in [-0.15, -0.1) is 0 Å². The van der Waals surface area contributed by atoms with E-state index >= 15 is 0 Å². The summed E-state index contributed by atoms with van der Waals surface area (Å²) in [5.74, 6) is 0.721. The Hall–Kier alpha value is -1.55. The van der Waals surface area contributed by atoms with E-state index in [0.717, 1.165) is 11.3 Å². The summed E-state index contributed by atoms with van der Waals surface area (Å²) < 4.78 is 5.27. The van der Waals surface area contributed by atoms with Crippen LogP contribution in [0.5, 0.6) is 5.75 Å². The van der Waals surface area contributed by atoms with E-state index in [1.54, 1.807) is 7.11 Å². The van der Waals surface area contributed by atoms with Crippen LogP contribution in [0.2, 0.25) is 0 Å². The second-order valence-corrected chi connectivity index (χ2v) is 5.20. The lowest BCUT2D eigenvalue weighted by molar-refractivity contribution is -0.122. The van der Waals surface area contributed by atoms with Crippen molar-refractivity contribution in [1.82, 2.24) is 5.32 Å². The van der Waals surface area contributed by atoms with Gasteiger partial charge in [0.25, 0.3) is 0 Å². The molecule has 0 aliphatic heterocycles. The molecule has 0 bridgehead atoms. The maximum atomic E-state index is 11.8. The summed E-state index contributed by atoms with van der Waals surface area (Å²) in [6, 6.07) is 7.55. The van der Waals surface area contributed by atoms with Crippen LogP contribution in [-0.4, -0.2) is 18.6 Å². The molecule has 1 aromatic rings. The standard InChI is InChI=1S/C14H22N2O2/c1-10(16-13(17)9-14(2,3)15)11-7-5-6-8-12(11)18-4/h5-8,10H,9,15H2,1-4H3,(H,16,17). The van der Waals surface area contributed by atoms with Crippen molar-refractivity contribution in [2.45, 2.75) is 38.8 Å². The maximum Gasteiger partial charge on any atom is 0.222 e. The van der Waals surface area contributed by atoms with Crippen LogP contribution in [0.25, 0.3) is 0 Å². The zero-order chi connectivity index (χ0) is 13.8. The van der Waals surface area contributed by atoms with E-state index in [2.05, 4.69) is 5.32 Å². The molecule has 1 unspecified atom stereocenters. The minimum atomic E-state index is -0.495. The maximum absolute atomic E-state index is 11.8. The Labute approximate surface area is 109 Å². The summed E-state index contributed by atoms with van der Waals surface area (Å²) in [6.07, 6.45) is 0.298. The van der Waals surface area contributed by atoms with Crippen LogP contribution in [0.15, 0.2) is 24.3 Å². The second-order valence-electron chi connectivity index (χ2n) is 5.20. The zero-order valence-electron chi connectivity index (χ0n) is 11.5. The fourth-order valence-electron chi connectivity index (χ4n) is 1.81. The first kappa shape index (κ1) is 14.5. The van der Waals surface area contributed by atoms with Crippen molar-refractivity contribution in [3.63, 3.8) is 0 Å². The van der Waals surface area contributed by atoms with Crippen molar-refractivity contribution < 1.29 is 9.53 Å². The highest BCUT2D eigenvalue weighted by Gasteiger charge is 2.19. The first-order valence-electron chi connectivity index (χ1n) is 6.04. The third-order valence-corrected chi connectivity index (χ3v) is 2.60. The van der Waals surface area contributed by atoms with Crippen LogP contribution in [0, 0.1) is 0 Å². The van der Waals surface area contributed by atoms with Crippen molar-refractivity contribution >= 4 is 5.91 Å². The van der Waals surface area contributed by atoms with Gasteiger partial charge in [0, 0.05) is 17.5 Å². The summed E-state index contributed by atoms with van der Waals surface area (Å²) in [5, 5.41) is 2.93. The highest BCUT2D eigenvalue weighted by Crippen LogP contribution is 2.24. The van der Waals surface area contributed by atoms with E-state index in [9.17, 15) is 4.79 Å². The van der Waals surface area contributed by atoms with E-state index in [4.69, 9.17) is 10.5 Å². The first-order chi connectivity index (χ1) is 8.33. The number of hydrogen-bond acceptors (Lipinski definition) is 3. The molecule has 18 heavy (non-hydrogen) atoms. The second kappa shape index (κ2) is 5.87. The lowest BCUT2D eigenvalue weighted by Gasteiger charge is -2.21. The number of rotatable bonds is 5. The lowest BCUT2D eigenvalue weighted by atomic mass is 10.0. The molecule has 0 aromatic heterocycles. The first-order valence-corrected chi connectivity index (χ1v) is 6.04. The molecule has 1 rings (SSSR count). The number of para-hydroxylation sites is 1. The Morgan fingerprint density at radius 1 is 1.44 bits per heavy atom. The van der Waals surface area contributed by atoms with Crippen LogP contribution >= 0.6 is 0 Å². The summed E-state index contributed by atoms with van der Waals surface area (Å²) in [7, 11) is 1.62.